The van der Waals surface area contributed by atoms with Crippen molar-refractivity contribution in [3.05, 3.63) is 347 Å². The van der Waals surface area contributed by atoms with Gasteiger partial charge in [-0.1, -0.05) is 246 Å². The molecule has 0 amide bonds. The predicted octanol–water partition coefficient (Wildman–Crippen LogP) is 26.0. The fourth-order valence-corrected chi connectivity index (χ4v) is 17.0. The minimum Gasteiger partial charge on any atom is -0.456 e. The van der Waals surface area contributed by atoms with E-state index in [0.717, 1.165) is 121 Å². The molecule has 19 aromatic rings. The lowest BCUT2D eigenvalue weighted by Crippen LogP contribution is -2.41. The summed E-state index contributed by atoms with van der Waals surface area (Å²) in [5.41, 5.74) is 24.8. The molecule has 1 aliphatic heterocycles. The Kier molecular flexibility index (Phi) is 17.1. The topological polar surface area (TPSA) is 158 Å². The maximum Gasteiger partial charge on any atom is 0.494 e. The number of hydrogen-bond acceptors (Lipinski definition) is 10. The van der Waals surface area contributed by atoms with Gasteiger partial charge in [-0.3, -0.25) is 5.41 Å². The normalized spacial score (nSPS) is 14.8. The van der Waals surface area contributed by atoms with E-state index in [0.29, 0.717) is 33.9 Å². The van der Waals surface area contributed by atoms with E-state index in [4.69, 9.17) is 58.9 Å². The average molecular weight is 1530 g/mol. The third kappa shape index (κ3) is 12.5. The minimum absolute atomic E-state index is 0.127. The molecule has 0 radical (unpaired) electrons. The van der Waals surface area contributed by atoms with Crippen LogP contribution in [0.15, 0.2) is 331 Å². The first kappa shape index (κ1) is 71.6. The lowest BCUT2D eigenvalue weighted by molar-refractivity contribution is 0.00578. The first-order valence-electron chi connectivity index (χ1n) is 39.1. The number of benzene rings is 14. The smallest absolute Gasteiger partial charge is 0.456 e. The molecule has 3 aliphatic rings. The molecule has 22 rings (SSSR count). The lowest BCUT2D eigenvalue weighted by Gasteiger charge is -2.32. The van der Waals surface area contributed by atoms with Crippen molar-refractivity contribution >= 4 is 130 Å². The van der Waals surface area contributed by atoms with Gasteiger partial charge < -0.3 is 27.0 Å². The Labute approximate surface area is 675 Å². The Balaban J connectivity index is 0.000000119. The first-order valence-corrected chi connectivity index (χ1v) is 39.5. The van der Waals surface area contributed by atoms with Gasteiger partial charge in [-0.05, 0) is 191 Å². The van der Waals surface area contributed by atoms with Crippen molar-refractivity contribution in [1.29, 1.82) is 5.41 Å². The summed E-state index contributed by atoms with van der Waals surface area (Å²) in [6.45, 7) is 17.6. The number of fused-ring (bicyclic) bond motifs is 18. The molecule has 0 bridgehead atoms. The van der Waals surface area contributed by atoms with Crippen molar-refractivity contribution in [2.75, 3.05) is 0 Å². The van der Waals surface area contributed by atoms with Gasteiger partial charge >= 0.3 is 7.12 Å². The molecule has 14 heteroatoms. The highest BCUT2D eigenvalue weighted by molar-refractivity contribution is 6.62. The van der Waals surface area contributed by atoms with Gasteiger partial charge in [-0.15, -0.1) is 0 Å². The van der Waals surface area contributed by atoms with Crippen LogP contribution >= 0.6 is 11.6 Å². The fraction of sp³-hybridized carbons (Fsp3) is 0.118. The zero-order valence-electron chi connectivity index (χ0n) is 65.1. The second-order valence-electron chi connectivity index (χ2n) is 32.2. The van der Waals surface area contributed by atoms with Gasteiger partial charge in [0, 0.05) is 93.0 Å². The molecular formula is C102H76BClN6O6. The summed E-state index contributed by atoms with van der Waals surface area (Å²) >= 11 is 6.19. The average Bonchev–Trinajstić information content (AvgIpc) is 1.56. The van der Waals surface area contributed by atoms with Crippen molar-refractivity contribution in [2.24, 2.45) is 9.98 Å². The van der Waals surface area contributed by atoms with Crippen LogP contribution in [0.5, 0.6) is 0 Å². The van der Waals surface area contributed by atoms with Crippen LogP contribution in [0.3, 0.4) is 0 Å². The van der Waals surface area contributed by atoms with E-state index in [9.17, 15) is 0 Å². The van der Waals surface area contributed by atoms with E-state index in [2.05, 4.69) is 193 Å². The number of aliphatic imine (C=N–C) groups is 2. The Morgan fingerprint density at radius 3 is 1.32 bits per heavy atom. The number of halogens is 1. The van der Waals surface area contributed by atoms with Crippen LogP contribution in [-0.4, -0.2) is 51.2 Å². The number of rotatable bonds is 8. The lowest BCUT2D eigenvalue weighted by atomic mass is 9.74. The number of amidine groups is 2. The van der Waals surface area contributed by atoms with Crippen LogP contribution in [-0.2, 0) is 20.1 Å². The summed E-state index contributed by atoms with van der Waals surface area (Å²) in [6.07, 6.45) is 1.73. The van der Waals surface area contributed by atoms with Crippen LogP contribution < -0.4 is 5.46 Å². The maximum absolute atomic E-state index is 8.41. The number of aromatic nitrogens is 3. The molecule has 0 unspecified atom stereocenters. The summed E-state index contributed by atoms with van der Waals surface area (Å²) in [4.78, 5) is 24.2. The van der Waals surface area contributed by atoms with Gasteiger partial charge in [0.25, 0.3) is 0 Å². The van der Waals surface area contributed by atoms with Crippen LogP contribution in [0.4, 0.5) is 0 Å². The van der Waals surface area contributed by atoms with Crippen molar-refractivity contribution in [3.8, 4) is 67.5 Å². The van der Waals surface area contributed by atoms with Gasteiger partial charge in [0.15, 0.2) is 29.1 Å². The highest BCUT2D eigenvalue weighted by atomic mass is 35.5. The second kappa shape index (κ2) is 27.7. The fourth-order valence-electron chi connectivity index (χ4n) is 16.8. The zero-order valence-corrected chi connectivity index (χ0v) is 65.8. The van der Waals surface area contributed by atoms with E-state index in [-0.39, 0.29) is 35.0 Å². The zero-order chi connectivity index (χ0) is 78.9. The Bertz CT molecular complexity index is 7270. The molecule has 560 valence electrons. The quantitative estimate of drug-likeness (QED) is 0.0888. The molecule has 14 aromatic carbocycles. The van der Waals surface area contributed by atoms with Crippen molar-refractivity contribution in [3.63, 3.8) is 0 Å². The number of furan rings is 4. The minimum atomic E-state index is -0.352. The maximum atomic E-state index is 8.41. The van der Waals surface area contributed by atoms with E-state index in [1.807, 2.05) is 164 Å². The van der Waals surface area contributed by atoms with Crippen molar-refractivity contribution in [2.45, 2.75) is 77.4 Å². The van der Waals surface area contributed by atoms with E-state index < -0.39 is 0 Å². The number of nitrogens with zero attached hydrogens (tertiary/aromatic N) is 5. The van der Waals surface area contributed by atoms with E-state index in [1.165, 1.54) is 55.3 Å². The first-order chi connectivity index (χ1) is 56.2. The molecule has 0 spiro atoms. The Morgan fingerprint density at radius 1 is 0.336 bits per heavy atom. The summed E-state index contributed by atoms with van der Waals surface area (Å²) < 4.78 is 37.3. The molecule has 0 saturated carbocycles. The van der Waals surface area contributed by atoms with Gasteiger partial charge in [-0.25, -0.2) is 24.9 Å². The van der Waals surface area contributed by atoms with Crippen LogP contribution in [0.25, 0.3) is 155 Å². The predicted molar refractivity (Wildman–Crippen MR) is 473 cm³/mol. The SMILES string of the molecule is CC1(C)c2cc(-c3cccc(-c4nc(-c5ccccc5)nc(-c5ccc6c(c5)oc5ccccc56)n4)c3)ccc2-c2cc3c(cc21)oc1ccccc13.CC1(C)c2cc(B3OC(C)(C)C(C)(C)O3)ccc2-c2cc3c(cc21)oc1ccccc13.N=C(N=C(N=Cc1ccc2c(c1)oc1ccccc12)c1cccc(Cl)c1)c1ccccc1. The highest BCUT2D eigenvalue weighted by Crippen LogP contribution is 2.54. The van der Waals surface area contributed by atoms with Crippen molar-refractivity contribution in [1.82, 2.24) is 15.0 Å². The number of para-hydroxylation sites is 4. The van der Waals surface area contributed by atoms with Gasteiger partial charge in [-0.2, -0.15) is 0 Å². The summed E-state index contributed by atoms with van der Waals surface area (Å²) in [5, 5.41) is 17.9. The van der Waals surface area contributed by atoms with Crippen LogP contribution in [0.1, 0.15) is 94.3 Å². The molecule has 1 fully saturated rings. The van der Waals surface area contributed by atoms with E-state index >= 15 is 0 Å². The molecular weight excluding hydrogens is 1450 g/mol. The van der Waals surface area contributed by atoms with Crippen molar-refractivity contribution < 1.29 is 27.0 Å². The van der Waals surface area contributed by atoms with Crippen LogP contribution in [0, 0.1) is 5.41 Å². The standard InChI is InChI=1S/C48H31N3O2.C27H27BO3.C27H18ClN3O/c1-48(2)39-24-30(19-21-33(39)37-26-38-35-16-7-9-18-42(35)53-44(38)27-40(37)48)29-13-10-14-31(23-29)46-49-45(28-11-4-3-5-12-28)50-47(51-46)32-20-22-36-34-15-6-8-17-41(34)52-43(36)25-32;1-25(2)21-13-16(28-30-26(3,4)27(5,6)31-28)11-12-17(21)19-14-20-18-9-7-8-10-23(18)29-24(20)15-22(19)25;28-21-10-6-9-20(16-21)27(31-26(29)19-7-2-1-3-8-19)30-17-18-13-14-23-22-11-4-5-12-24(22)32-25(23)15-18/h3-27H,1-2H3;7-15H,1-6H3;1-17,29H. The summed E-state index contributed by atoms with van der Waals surface area (Å²) in [7, 11) is -0.352. The molecule has 2 aliphatic carbocycles. The molecule has 0 atom stereocenters. The third-order valence-corrected chi connectivity index (χ3v) is 24.0. The van der Waals surface area contributed by atoms with Crippen LogP contribution in [0.2, 0.25) is 5.02 Å². The number of nitrogens with one attached hydrogen (secondary N) is 1. The van der Waals surface area contributed by atoms with Gasteiger partial charge in [0.05, 0.1) is 11.2 Å². The largest absolute Gasteiger partial charge is 0.494 e. The third-order valence-electron chi connectivity index (χ3n) is 23.7. The monoisotopic (exact) mass is 1530 g/mol. The molecule has 12 nitrogen and oxygen atoms in total. The Hall–Kier alpha value is -13.4. The molecule has 5 aromatic heterocycles. The summed E-state index contributed by atoms with van der Waals surface area (Å²) in [5.74, 6) is 2.37. The molecule has 6 heterocycles. The second-order valence-corrected chi connectivity index (χ2v) is 32.7. The van der Waals surface area contributed by atoms with Gasteiger partial charge in [0.1, 0.15) is 44.7 Å². The summed E-state index contributed by atoms with van der Waals surface area (Å²) in [6, 6.07) is 103. The van der Waals surface area contributed by atoms with Gasteiger partial charge in [0.2, 0.25) is 0 Å². The van der Waals surface area contributed by atoms with E-state index in [1.54, 1.807) is 18.3 Å². The molecule has 1 saturated heterocycles. The number of hydrogen-bond donors (Lipinski definition) is 1. The Morgan fingerprint density at radius 2 is 0.750 bits per heavy atom. The molecule has 116 heavy (non-hydrogen) atoms. The molecule has 1 N–H and O–H groups in total. The highest BCUT2D eigenvalue weighted by Gasteiger charge is 2.52.